The van der Waals surface area contributed by atoms with Crippen LogP contribution in [0.15, 0.2) is 30.3 Å². The quantitative estimate of drug-likeness (QED) is 0.822. The summed E-state index contributed by atoms with van der Waals surface area (Å²) in [4.78, 5) is 2.65. The van der Waals surface area contributed by atoms with E-state index in [0.29, 0.717) is 0 Å². The molecule has 0 saturated heterocycles. The van der Waals surface area contributed by atoms with Crippen molar-refractivity contribution in [2.75, 3.05) is 5.32 Å². The van der Waals surface area contributed by atoms with E-state index in [1.165, 1.54) is 15.8 Å². The van der Waals surface area contributed by atoms with Crippen molar-refractivity contribution in [2.24, 2.45) is 0 Å². The van der Waals surface area contributed by atoms with Gasteiger partial charge in [-0.1, -0.05) is 26.8 Å². The summed E-state index contributed by atoms with van der Waals surface area (Å²) >= 11 is 1.81. The van der Waals surface area contributed by atoms with E-state index in [1.807, 2.05) is 18.3 Å². The number of benzene rings is 1. The average molecular weight is 277 g/mol. The van der Waals surface area contributed by atoms with Crippen molar-refractivity contribution >= 4 is 17.0 Å². The monoisotopic (exact) mass is 277 g/mol. The van der Waals surface area contributed by atoms with Crippen molar-refractivity contribution in [1.29, 1.82) is 0 Å². The van der Waals surface area contributed by atoms with E-state index in [9.17, 15) is 4.39 Å². The number of hydrogen-bond donors (Lipinski definition) is 1. The molecular weight excluding hydrogens is 257 g/mol. The third kappa shape index (κ3) is 3.57. The number of hydrogen-bond acceptors (Lipinski definition) is 2. The Morgan fingerprint density at radius 2 is 1.89 bits per heavy atom. The Morgan fingerprint density at radius 1 is 1.16 bits per heavy atom. The van der Waals surface area contributed by atoms with E-state index in [4.69, 9.17) is 0 Å². The summed E-state index contributed by atoms with van der Waals surface area (Å²) in [6, 6.07) is 9.16. The zero-order valence-corrected chi connectivity index (χ0v) is 12.7. The lowest BCUT2D eigenvalue weighted by molar-refractivity contribution is 0.604. The predicted octanol–water partition coefficient (Wildman–Crippen LogP) is 5.11. The molecule has 0 spiro atoms. The fourth-order valence-corrected chi connectivity index (χ4v) is 2.85. The number of anilines is 1. The summed E-state index contributed by atoms with van der Waals surface area (Å²) in [5.74, 6) is -0.199. The van der Waals surface area contributed by atoms with Crippen LogP contribution in [0.25, 0.3) is 0 Å². The van der Waals surface area contributed by atoms with E-state index >= 15 is 0 Å². The van der Waals surface area contributed by atoms with Crippen LogP contribution in [0.2, 0.25) is 0 Å². The van der Waals surface area contributed by atoms with Crippen molar-refractivity contribution in [2.45, 2.75) is 39.7 Å². The average Bonchev–Trinajstić information content (AvgIpc) is 2.79. The molecule has 1 N–H and O–H groups in total. The summed E-state index contributed by atoms with van der Waals surface area (Å²) in [5, 5.41) is 3.31. The topological polar surface area (TPSA) is 12.0 Å². The molecule has 0 bridgehead atoms. The number of aryl methyl sites for hydroxylation is 1. The first-order valence-corrected chi connectivity index (χ1v) is 7.27. The Balaban J connectivity index is 2.06. The minimum Gasteiger partial charge on any atom is -0.380 e. The Bertz CT molecular complexity index is 566. The van der Waals surface area contributed by atoms with E-state index in [2.05, 4.69) is 38.2 Å². The molecule has 2 rings (SSSR count). The van der Waals surface area contributed by atoms with Gasteiger partial charge in [-0.2, -0.15) is 0 Å². The van der Waals surface area contributed by atoms with Gasteiger partial charge in [0.25, 0.3) is 0 Å². The predicted molar refractivity (Wildman–Crippen MR) is 81.5 cm³/mol. The van der Waals surface area contributed by atoms with E-state index in [0.717, 1.165) is 17.8 Å². The number of thiophene rings is 1. The number of halogens is 1. The smallest absolute Gasteiger partial charge is 0.125 e. The molecule has 1 aromatic carbocycles. The highest BCUT2D eigenvalue weighted by atomic mass is 32.1. The van der Waals surface area contributed by atoms with Crippen LogP contribution < -0.4 is 5.32 Å². The van der Waals surface area contributed by atoms with Crippen LogP contribution in [-0.2, 0) is 12.0 Å². The van der Waals surface area contributed by atoms with Crippen molar-refractivity contribution in [3.8, 4) is 0 Å². The van der Waals surface area contributed by atoms with Gasteiger partial charge in [-0.15, -0.1) is 11.3 Å². The van der Waals surface area contributed by atoms with Gasteiger partial charge in [0.2, 0.25) is 0 Å². The molecule has 0 aliphatic heterocycles. The second kappa shape index (κ2) is 5.33. The summed E-state index contributed by atoms with van der Waals surface area (Å²) < 4.78 is 13.2. The molecule has 0 fully saturated rings. The zero-order valence-electron chi connectivity index (χ0n) is 11.9. The summed E-state index contributed by atoms with van der Waals surface area (Å²) in [6.45, 7) is 9.37. The van der Waals surface area contributed by atoms with Crippen LogP contribution in [-0.4, -0.2) is 0 Å². The van der Waals surface area contributed by atoms with Crippen molar-refractivity contribution in [1.82, 2.24) is 0 Å². The first kappa shape index (κ1) is 14.1. The molecule has 0 aliphatic rings. The summed E-state index contributed by atoms with van der Waals surface area (Å²) in [7, 11) is 0. The van der Waals surface area contributed by atoms with Crippen LogP contribution in [0.4, 0.5) is 10.1 Å². The molecule has 19 heavy (non-hydrogen) atoms. The third-order valence-electron chi connectivity index (χ3n) is 3.05. The summed E-state index contributed by atoms with van der Waals surface area (Å²) in [5.41, 5.74) is 2.12. The van der Waals surface area contributed by atoms with Crippen LogP contribution in [0.5, 0.6) is 0 Å². The van der Waals surface area contributed by atoms with Crippen molar-refractivity contribution < 1.29 is 4.39 Å². The first-order chi connectivity index (χ1) is 8.86. The van der Waals surface area contributed by atoms with Gasteiger partial charge in [0.15, 0.2) is 0 Å². The molecule has 2 aromatic rings. The molecule has 0 unspecified atom stereocenters. The minimum atomic E-state index is -0.199. The molecule has 1 heterocycles. The highest BCUT2D eigenvalue weighted by Gasteiger charge is 2.15. The second-order valence-electron chi connectivity index (χ2n) is 5.83. The summed E-state index contributed by atoms with van der Waals surface area (Å²) in [6.07, 6.45) is 0. The maximum absolute atomic E-state index is 13.2. The van der Waals surface area contributed by atoms with Gasteiger partial charge in [-0.05, 0) is 42.2 Å². The van der Waals surface area contributed by atoms with Crippen LogP contribution >= 0.6 is 11.3 Å². The molecule has 102 valence electrons. The Labute approximate surface area is 118 Å². The maximum Gasteiger partial charge on any atom is 0.125 e. The van der Waals surface area contributed by atoms with Crippen molar-refractivity contribution in [3.63, 3.8) is 0 Å². The van der Waals surface area contributed by atoms with Crippen LogP contribution in [0.3, 0.4) is 0 Å². The second-order valence-corrected chi connectivity index (χ2v) is 7.00. The fraction of sp³-hybridized carbons (Fsp3) is 0.375. The van der Waals surface area contributed by atoms with Gasteiger partial charge in [0, 0.05) is 22.0 Å². The molecule has 0 amide bonds. The highest BCUT2D eigenvalue weighted by Crippen LogP contribution is 2.30. The Kier molecular flexibility index (Phi) is 3.95. The van der Waals surface area contributed by atoms with Gasteiger partial charge < -0.3 is 5.32 Å². The largest absolute Gasteiger partial charge is 0.380 e. The number of rotatable bonds is 3. The van der Waals surface area contributed by atoms with Gasteiger partial charge in [0.1, 0.15) is 5.82 Å². The standard InChI is InChI=1S/C16H20FNS/c1-11-5-6-12(17)9-14(11)18-10-13-7-8-15(19-13)16(2,3)4/h5-9,18H,10H2,1-4H3. The molecule has 3 heteroatoms. The molecule has 0 radical (unpaired) electrons. The number of nitrogens with one attached hydrogen (secondary N) is 1. The molecule has 0 atom stereocenters. The lowest BCUT2D eigenvalue weighted by atomic mass is 9.95. The van der Waals surface area contributed by atoms with E-state index in [1.54, 1.807) is 12.1 Å². The molecular formula is C16H20FNS. The Morgan fingerprint density at radius 3 is 2.53 bits per heavy atom. The fourth-order valence-electron chi connectivity index (χ4n) is 1.84. The third-order valence-corrected chi connectivity index (χ3v) is 4.56. The van der Waals surface area contributed by atoms with Crippen LogP contribution in [0.1, 0.15) is 36.1 Å². The van der Waals surface area contributed by atoms with Crippen LogP contribution in [0, 0.1) is 12.7 Å². The van der Waals surface area contributed by atoms with Gasteiger partial charge >= 0.3 is 0 Å². The SMILES string of the molecule is Cc1ccc(F)cc1NCc1ccc(C(C)(C)C)s1. The lowest BCUT2D eigenvalue weighted by Crippen LogP contribution is -2.07. The van der Waals surface area contributed by atoms with E-state index in [-0.39, 0.29) is 11.2 Å². The van der Waals surface area contributed by atoms with Gasteiger partial charge in [-0.3, -0.25) is 0 Å². The lowest BCUT2D eigenvalue weighted by Gasteiger charge is -2.15. The first-order valence-electron chi connectivity index (χ1n) is 6.45. The maximum atomic E-state index is 13.2. The normalized spacial score (nSPS) is 11.6. The van der Waals surface area contributed by atoms with Crippen molar-refractivity contribution in [3.05, 3.63) is 51.5 Å². The Hall–Kier alpha value is -1.35. The molecule has 1 aromatic heterocycles. The molecule has 0 saturated carbocycles. The van der Waals surface area contributed by atoms with Gasteiger partial charge in [0.05, 0.1) is 0 Å². The zero-order chi connectivity index (χ0) is 14.0. The molecule has 0 aliphatic carbocycles. The van der Waals surface area contributed by atoms with E-state index < -0.39 is 0 Å². The highest BCUT2D eigenvalue weighted by molar-refractivity contribution is 7.12. The minimum absolute atomic E-state index is 0.192. The van der Waals surface area contributed by atoms with Gasteiger partial charge in [-0.25, -0.2) is 4.39 Å². The molecule has 1 nitrogen and oxygen atoms in total.